The molecule has 100 valence electrons. The number of aliphatic hydroxyl groups is 1. The van der Waals surface area contributed by atoms with E-state index in [0.717, 1.165) is 12.2 Å². The monoisotopic (exact) mass is 257 g/mol. The third kappa shape index (κ3) is 3.39. The molecule has 2 nitrogen and oxygen atoms in total. The molecule has 0 aromatic heterocycles. The summed E-state index contributed by atoms with van der Waals surface area (Å²) in [6.07, 6.45) is 8.82. The molecule has 3 heteroatoms. The summed E-state index contributed by atoms with van der Waals surface area (Å²) in [6.45, 7) is 4.37. The standard InChI is InChI=1S/C14H27NOS/c1-12(16)9-13-5-2-3-8-15(13)10-14(11-17)6-4-7-14/h12-13,16-17H,2-11H2,1H3. The van der Waals surface area contributed by atoms with Crippen molar-refractivity contribution >= 4 is 12.6 Å². The fourth-order valence-corrected chi connectivity index (χ4v) is 3.82. The Morgan fingerprint density at radius 1 is 1.35 bits per heavy atom. The minimum atomic E-state index is -0.158. The van der Waals surface area contributed by atoms with Crippen molar-refractivity contribution in [2.75, 3.05) is 18.8 Å². The van der Waals surface area contributed by atoms with Gasteiger partial charge in [0.15, 0.2) is 0 Å². The molecule has 2 unspecified atom stereocenters. The van der Waals surface area contributed by atoms with Gasteiger partial charge in [-0.15, -0.1) is 0 Å². The van der Waals surface area contributed by atoms with Gasteiger partial charge in [0, 0.05) is 12.6 Å². The molecular weight excluding hydrogens is 230 g/mol. The Kier molecular flexibility index (Phi) is 4.79. The second-order valence-corrected chi connectivity index (χ2v) is 6.53. The molecule has 1 aliphatic heterocycles. The molecule has 0 radical (unpaired) electrons. The lowest BCUT2D eigenvalue weighted by Gasteiger charge is -2.48. The van der Waals surface area contributed by atoms with Crippen molar-refractivity contribution in [2.45, 2.75) is 64.0 Å². The Labute approximate surface area is 111 Å². The third-order valence-electron chi connectivity index (χ3n) is 4.65. The van der Waals surface area contributed by atoms with Gasteiger partial charge in [-0.3, -0.25) is 4.90 Å². The molecule has 2 aliphatic rings. The van der Waals surface area contributed by atoms with E-state index < -0.39 is 0 Å². The number of hydrogen-bond acceptors (Lipinski definition) is 3. The molecule has 2 fully saturated rings. The van der Waals surface area contributed by atoms with Crippen LogP contribution in [0.1, 0.15) is 51.9 Å². The average molecular weight is 257 g/mol. The molecule has 17 heavy (non-hydrogen) atoms. The Morgan fingerprint density at radius 3 is 2.65 bits per heavy atom. The molecule has 1 saturated carbocycles. The minimum Gasteiger partial charge on any atom is -0.393 e. The first kappa shape index (κ1) is 13.7. The highest BCUT2D eigenvalue weighted by Crippen LogP contribution is 2.43. The normalized spacial score (nSPS) is 30.9. The zero-order valence-electron chi connectivity index (χ0n) is 11.1. The Bertz CT molecular complexity index is 235. The molecule has 0 spiro atoms. The van der Waals surface area contributed by atoms with Crippen molar-refractivity contribution < 1.29 is 5.11 Å². The van der Waals surface area contributed by atoms with Gasteiger partial charge >= 0.3 is 0 Å². The Hall–Kier alpha value is 0.270. The summed E-state index contributed by atoms with van der Waals surface area (Å²) in [5.74, 6) is 1.03. The van der Waals surface area contributed by atoms with Crippen molar-refractivity contribution in [3.63, 3.8) is 0 Å². The summed E-state index contributed by atoms with van der Waals surface area (Å²) in [7, 11) is 0. The highest BCUT2D eigenvalue weighted by atomic mass is 32.1. The van der Waals surface area contributed by atoms with Crippen LogP contribution in [0.5, 0.6) is 0 Å². The quantitative estimate of drug-likeness (QED) is 0.740. The summed E-state index contributed by atoms with van der Waals surface area (Å²) in [5.41, 5.74) is 0.497. The topological polar surface area (TPSA) is 23.5 Å². The molecule has 1 aliphatic carbocycles. The molecule has 0 aromatic rings. The minimum absolute atomic E-state index is 0.158. The maximum atomic E-state index is 9.61. The van der Waals surface area contributed by atoms with Gasteiger partial charge in [-0.2, -0.15) is 12.6 Å². The number of hydrogen-bond donors (Lipinski definition) is 2. The third-order valence-corrected chi connectivity index (χ3v) is 5.32. The van der Waals surface area contributed by atoms with Crippen LogP contribution in [0.15, 0.2) is 0 Å². The lowest BCUT2D eigenvalue weighted by Crippen LogP contribution is -2.50. The van der Waals surface area contributed by atoms with E-state index in [2.05, 4.69) is 17.5 Å². The molecule has 0 bridgehead atoms. The highest BCUT2D eigenvalue weighted by molar-refractivity contribution is 7.80. The van der Waals surface area contributed by atoms with Gasteiger partial charge in [-0.25, -0.2) is 0 Å². The number of nitrogens with zero attached hydrogens (tertiary/aromatic N) is 1. The van der Waals surface area contributed by atoms with E-state index in [0.29, 0.717) is 11.5 Å². The van der Waals surface area contributed by atoms with Gasteiger partial charge in [0.05, 0.1) is 6.10 Å². The van der Waals surface area contributed by atoms with Crippen molar-refractivity contribution in [1.29, 1.82) is 0 Å². The van der Waals surface area contributed by atoms with E-state index in [4.69, 9.17) is 0 Å². The van der Waals surface area contributed by atoms with Crippen LogP contribution in [0.25, 0.3) is 0 Å². The van der Waals surface area contributed by atoms with E-state index in [1.165, 1.54) is 51.6 Å². The van der Waals surface area contributed by atoms with Crippen LogP contribution >= 0.6 is 12.6 Å². The first-order valence-electron chi connectivity index (χ1n) is 7.18. The highest BCUT2D eigenvalue weighted by Gasteiger charge is 2.39. The first-order valence-corrected chi connectivity index (χ1v) is 7.81. The van der Waals surface area contributed by atoms with Gasteiger partial charge in [0.2, 0.25) is 0 Å². The smallest absolute Gasteiger partial charge is 0.0527 e. The second kappa shape index (κ2) is 5.94. The fourth-order valence-electron chi connectivity index (χ4n) is 3.40. The molecule has 0 amide bonds. The van der Waals surface area contributed by atoms with Crippen LogP contribution < -0.4 is 0 Å². The predicted molar refractivity (Wildman–Crippen MR) is 75.6 cm³/mol. The number of rotatable bonds is 5. The van der Waals surface area contributed by atoms with Gasteiger partial charge < -0.3 is 5.11 Å². The zero-order chi connectivity index (χ0) is 12.3. The summed E-state index contributed by atoms with van der Waals surface area (Å²) in [4.78, 5) is 2.64. The van der Waals surface area contributed by atoms with Crippen molar-refractivity contribution in [3.05, 3.63) is 0 Å². The first-order chi connectivity index (χ1) is 8.15. The van der Waals surface area contributed by atoms with Crippen LogP contribution in [-0.4, -0.2) is 41.0 Å². The van der Waals surface area contributed by atoms with Gasteiger partial charge in [-0.1, -0.05) is 12.8 Å². The van der Waals surface area contributed by atoms with Crippen LogP contribution in [-0.2, 0) is 0 Å². The Morgan fingerprint density at radius 2 is 2.12 bits per heavy atom. The van der Waals surface area contributed by atoms with Crippen LogP contribution in [0.4, 0.5) is 0 Å². The SMILES string of the molecule is CC(O)CC1CCCCN1CC1(CS)CCC1. The number of aliphatic hydroxyl groups excluding tert-OH is 1. The van der Waals surface area contributed by atoms with E-state index in [1.54, 1.807) is 0 Å². The summed E-state index contributed by atoms with van der Waals surface area (Å²) in [6, 6.07) is 0.612. The predicted octanol–water partition coefficient (Wildman–Crippen LogP) is 2.71. The second-order valence-electron chi connectivity index (χ2n) is 6.22. The molecule has 1 heterocycles. The van der Waals surface area contributed by atoms with Crippen LogP contribution in [0, 0.1) is 5.41 Å². The molecule has 1 N–H and O–H groups in total. The van der Waals surface area contributed by atoms with Gasteiger partial charge in [-0.05, 0) is 56.7 Å². The van der Waals surface area contributed by atoms with Crippen molar-refractivity contribution in [1.82, 2.24) is 4.90 Å². The zero-order valence-corrected chi connectivity index (χ0v) is 12.0. The molecule has 2 atom stereocenters. The lowest BCUT2D eigenvalue weighted by molar-refractivity contribution is 0.0265. The largest absolute Gasteiger partial charge is 0.393 e. The number of piperidine rings is 1. The summed E-state index contributed by atoms with van der Waals surface area (Å²) >= 11 is 4.56. The van der Waals surface area contributed by atoms with E-state index >= 15 is 0 Å². The van der Waals surface area contributed by atoms with Gasteiger partial charge in [0.25, 0.3) is 0 Å². The average Bonchev–Trinajstić information content (AvgIpc) is 2.25. The lowest BCUT2D eigenvalue weighted by atomic mass is 9.69. The Balaban J connectivity index is 1.91. The maximum Gasteiger partial charge on any atom is 0.0527 e. The maximum absolute atomic E-state index is 9.61. The molecule has 0 aromatic carbocycles. The fraction of sp³-hybridized carbons (Fsp3) is 1.00. The van der Waals surface area contributed by atoms with Crippen molar-refractivity contribution in [2.24, 2.45) is 5.41 Å². The van der Waals surface area contributed by atoms with Crippen LogP contribution in [0.2, 0.25) is 0 Å². The summed E-state index contributed by atoms with van der Waals surface area (Å²) < 4.78 is 0. The van der Waals surface area contributed by atoms with E-state index in [-0.39, 0.29) is 6.10 Å². The van der Waals surface area contributed by atoms with Gasteiger partial charge in [0.1, 0.15) is 0 Å². The molecule has 1 saturated heterocycles. The number of likely N-dealkylation sites (tertiary alicyclic amines) is 1. The van der Waals surface area contributed by atoms with Crippen LogP contribution in [0.3, 0.4) is 0 Å². The number of thiol groups is 1. The van der Waals surface area contributed by atoms with E-state index in [1.807, 2.05) is 6.92 Å². The molecule has 2 rings (SSSR count). The summed E-state index contributed by atoms with van der Waals surface area (Å²) in [5, 5.41) is 9.61. The van der Waals surface area contributed by atoms with E-state index in [9.17, 15) is 5.11 Å². The molecular formula is C14H27NOS. The van der Waals surface area contributed by atoms with Crippen molar-refractivity contribution in [3.8, 4) is 0 Å².